The number of carbonyl (C=O) groups excluding carboxylic acids is 3. The monoisotopic (exact) mass is 547 g/mol. The van der Waals surface area contributed by atoms with Crippen LogP contribution in [0.2, 0.25) is 0 Å². The van der Waals surface area contributed by atoms with Gasteiger partial charge in [-0.1, -0.05) is 77.0 Å². The van der Waals surface area contributed by atoms with Gasteiger partial charge in [-0.3, -0.25) is 9.59 Å². The third kappa shape index (κ3) is 12.4. The first-order chi connectivity index (χ1) is 18.5. The quantitative estimate of drug-likeness (QED) is 0.216. The minimum Gasteiger partial charge on any atom is -0.444 e. The third-order valence-corrected chi connectivity index (χ3v) is 6.79. The number of aliphatic hydroxyl groups excluding tert-OH is 1. The zero-order chi connectivity index (χ0) is 29.4. The van der Waals surface area contributed by atoms with Gasteiger partial charge in [-0.2, -0.15) is 0 Å². The number of hydrogen-bond acceptors (Lipinski definition) is 5. The van der Waals surface area contributed by atoms with Crippen molar-refractivity contribution < 1.29 is 24.2 Å². The second-order valence-electron chi connectivity index (χ2n) is 11.4. The number of carbonyl (C=O) groups is 3. The summed E-state index contributed by atoms with van der Waals surface area (Å²) in [5.41, 5.74) is 1.95. The lowest BCUT2D eigenvalue weighted by Crippen LogP contribution is -2.54. The van der Waals surface area contributed by atoms with Crippen LogP contribution in [0.15, 0.2) is 18.2 Å². The summed E-state index contributed by atoms with van der Waals surface area (Å²) in [6.07, 6.45) is 8.22. The van der Waals surface area contributed by atoms with E-state index in [9.17, 15) is 19.5 Å². The van der Waals surface area contributed by atoms with Gasteiger partial charge in [0.2, 0.25) is 11.8 Å². The van der Waals surface area contributed by atoms with Crippen molar-refractivity contribution in [2.75, 3.05) is 19.7 Å². The molecule has 2 atom stereocenters. The van der Waals surface area contributed by atoms with Gasteiger partial charge in [0.1, 0.15) is 17.7 Å². The number of alkyl carbamates (subject to hydrolysis) is 1. The fourth-order valence-corrected chi connectivity index (χ4v) is 4.47. The standard InChI is InChI=1S/C31H53N3O5/c1-8-10-12-13-14-16-21-34(29(37)26(22-35)33-30(38)39-31(5,6)7)27(28(36)32-20-15-11-9-2)25-19-17-18-23(3)24(25)4/h17-19,26-27,35H,8-16,20-22H2,1-7H3,(H,32,36)(H,33,38). The van der Waals surface area contributed by atoms with Crippen LogP contribution < -0.4 is 10.6 Å². The summed E-state index contributed by atoms with van der Waals surface area (Å²) in [4.78, 5) is 41.7. The molecular weight excluding hydrogens is 494 g/mol. The molecule has 0 fully saturated rings. The summed E-state index contributed by atoms with van der Waals surface area (Å²) in [7, 11) is 0. The summed E-state index contributed by atoms with van der Waals surface area (Å²) in [5.74, 6) is -0.764. The smallest absolute Gasteiger partial charge is 0.408 e. The number of hydrogen-bond donors (Lipinski definition) is 3. The van der Waals surface area contributed by atoms with Gasteiger partial charge in [0.25, 0.3) is 0 Å². The van der Waals surface area contributed by atoms with Crippen molar-refractivity contribution in [2.45, 2.75) is 124 Å². The molecule has 222 valence electrons. The van der Waals surface area contributed by atoms with E-state index in [1.54, 1.807) is 20.8 Å². The van der Waals surface area contributed by atoms with Crippen LogP contribution in [0.25, 0.3) is 0 Å². The maximum atomic E-state index is 13.9. The first kappa shape index (κ1) is 34.4. The minimum atomic E-state index is -1.24. The topological polar surface area (TPSA) is 108 Å². The maximum absolute atomic E-state index is 13.9. The van der Waals surface area contributed by atoms with E-state index in [0.29, 0.717) is 19.5 Å². The van der Waals surface area contributed by atoms with E-state index in [2.05, 4.69) is 24.5 Å². The highest BCUT2D eigenvalue weighted by Gasteiger charge is 2.36. The molecule has 0 aliphatic rings. The second kappa shape index (κ2) is 17.9. The highest BCUT2D eigenvalue weighted by Crippen LogP contribution is 2.28. The SMILES string of the molecule is CCCCCCCCN(C(=O)C(CO)NC(=O)OC(C)(C)C)C(C(=O)NCCCCC)c1cccc(C)c1C. The fraction of sp³-hybridized carbons (Fsp3) is 0.710. The highest BCUT2D eigenvalue weighted by molar-refractivity contribution is 5.92. The number of unbranched alkanes of at least 4 members (excludes halogenated alkanes) is 7. The molecule has 1 aromatic carbocycles. The van der Waals surface area contributed by atoms with E-state index in [1.165, 1.54) is 11.3 Å². The van der Waals surface area contributed by atoms with Gasteiger partial charge >= 0.3 is 6.09 Å². The molecule has 39 heavy (non-hydrogen) atoms. The number of amides is 3. The van der Waals surface area contributed by atoms with E-state index in [1.807, 2.05) is 32.0 Å². The number of ether oxygens (including phenoxy) is 1. The van der Waals surface area contributed by atoms with Crippen LogP contribution in [0, 0.1) is 13.8 Å². The first-order valence-electron chi connectivity index (χ1n) is 14.7. The molecule has 0 radical (unpaired) electrons. The molecule has 3 N–H and O–H groups in total. The average Bonchev–Trinajstić information content (AvgIpc) is 2.87. The lowest BCUT2D eigenvalue weighted by Gasteiger charge is -2.35. The van der Waals surface area contributed by atoms with Crippen molar-refractivity contribution in [3.8, 4) is 0 Å². The van der Waals surface area contributed by atoms with Crippen molar-refractivity contribution >= 4 is 17.9 Å². The predicted octanol–water partition coefficient (Wildman–Crippen LogP) is 5.73. The Morgan fingerprint density at radius 2 is 1.56 bits per heavy atom. The Bertz CT molecular complexity index is 897. The molecule has 0 heterocycles. The van der Waals surface area contributed by atoms with Crippen LogP contribution in [-0.4, -0.2) is 59.3 Å². The average molecular weight is 548 g/mol. The number of nitrogens with zero attached hydrogens (tertiary/aromatic N) is 1. The van der Waals surface area contributed by atoms with E-state index >= 15 is 0 Å². The lowest BCUT2D eigenvalue weighted by molar-refractivity contribution is -0.143. The van der Waals surface area contributed by atoms with Crippen molar-refractivity contribution in [1.29, 1.82) is 0 Å². The van der Waals surface area contributed by atoms with E-state index < -0.39 is 36.3 Å². The van der Waals surface area contributed by atoms with Crippen molar-refractivity contribution in [3.05, 3.63) is 34.9 Å². The summed E-state index contributed by atoms with van der Waals surface area (Å²) < 4.78 is 5.33. The third-order valence-electron chi connectivity index (χ3n) is 6.79. The number of benzene rings is 1. The van der Waals surface area contributed by atoms with Gasteiger partial charge in [-0.05, 0) is 64.2 Å². The minimum absolute atomic E-state index is 0.256. The van der Waals surface area contributed by atoms with Gasteiger partial charge in [0.05, 0.1) is 6.61 Å². The molecular formula is C31H53N3O5. The summed E-state index contributed by atoms with van der Waals surface area (Å²) in [5, 5.41) is 15.7. The number of rotatable bonds is 17. The molecule has 0 saturated carbocycles. The van der Waals surface area contributed by atoms with Crippen LogP contribution in [-0.2, 0) is 14.3 Å². The van der Waals surface area contributed by atoms with Crippen LogP contribution in [0.5, 0.6) is 0 Å². The van der Waals surface area contributed by atoms with Gasteiger partial charge < -0.3 is 25.4 Å². The molecule has 0 bridgehead atoms. The van der Waals surface area contributed by atoms with E-state index in [0.717, 1.165) is 61.6 Å². The van der Waals surface area contributed by atoms with Crippen LogP contribution in [0.3, 0.4) is 0 Å². The Morgan fingerprint density at radius 3 is 2.18 bits per heavy atom. The maximum Gasteiger partial charge on any atom is 0.408 e. The van der Waals surface area contributed by atoms with E-state index in [-0.39, 0.29) is 5.91 Å². The Morgan fingerprint density at radius 1 is 0.949 bits per heavy atom. The van der Waals surface area contributed by atoms with Gasteiger partial charge in [0.15, 0.2) is 0 Å². The highest BCUT2D eigenvalue weighted by atomic mass is 16.6. The molecule has 0 aliphatic heterocycles. The van der Waals surface area contributed by atoms with Crippen LogP contribution in [0.4, 0.5) is 4.79 Å². The number of aryl methyl sites for hydroxylation is 1. The van der Waals surface area contributed by atoms with Crippen molar-refractivity contribution in [3.63, 3.8) is 0 Å². The number of aliphatic hydroxyl groups is 1. The van der Waals surface area contributed by atoms with Gasteiger partial charge in [0, 0.05) is 13.1 Å². The van der Waals surface area contributed by atoms with Gasteiger partial charge in [-0.15, -0.1) is 0 Å². The largest absolute Gasteiger partial charge is 0.444 e. The summed E-state index contributed by atoms with van der Waals surface area (Å²) in [6.45, 7) is 13.6. The van der Waals surface area contributed by atoms with Crippen molar-refractivity contribution in [1.82, 2.24) is 15.5 Å². The molecule has 1 aromatic rings. The normalized spacial score (nSPS) is 12.9. The molecule has 8 heteroatoms. The van der Waals surface area contributed by atoms with Crippen LogP contribution in [0.1, 0.15) is 115 Å². The predicted molar refractivity (Wildman–Crippen MR) is 157 cm³/mol. The molecule has 0 saturated heterocycles. The molecule has 0 spiro atoms. The Kier molecular flexibility index (Phi) is 15.8. The zero-order valence-electron chi connectivity index (χ0n) is 25.4. The van der Waals surface area contributed by atoms with Crippen molar-refractivity contribution in [2.24, 2.45) is 0 Å². The number of nitrogens with one attached hydrogen (secondary N) is 2. The second-order valence-corrected chi connectivity index (χ2v) is 11.4. The van der Waals surface area contributed by atoms with Gasteiger partial charge in [-0.25, -0.2) is 4.79 Å². The summed E-state index contributed by atoms with van der Waals surface area (Å²) in [6, 6.07) is 3.64. The molecule has 0 aliphatic carbocycles. The molecule has 1 rings (SSSR count). The van der Waals surface area contributed by atoms with Crippen LogP contribution >= 0.6 is 0 Å². The Labute approximate surface area is 236 Å². The Hall–Kier alpha value is -2.61. The first-order valence-corrected chi connectivity index (χ1v) is 14.7. The zero-order valence-corrected chi connectivity index (χ0v) is 25.4. The summed E-state index contributed by atoms with van der Waals surface area (Å²) >= 11 is 0. The van der Waals surface area contributed by atoms with E-state index in [4.69, 9.17) is 4.74 Å². The lowest BCUT2D eigenvalue weighted by atomic mass is 9.94. The molecule has 8 nitrogen and oxygen atoms in total. The molecule has 3 amide bonds. The fourth-order valence-electron chi connectivity index (χ4n) is 4.47. The Balaban J connectivity index is 3.37. The molecule has 0 aromatic heterocycles. The molecule has 2 unspecified atom stereocenters.